The second-order valence-corrected chi connectivity index (χ2v) is 9.51. The van der Waals surface area contributed by atoms with E-state index in [-0.39, 0.29) is 17.0 Å². The minimum atomic E-state index is -0.366. The standard InChI is InChI=1S/C24H28ClN3O2/c1-23(2,3)18-6-4-17(5-7-18)21-16-24(30-27-21)12-14-28(15-13-24)22(29)26-20-10-8-19(25)9-11-20/h4-11,16,27H,12-15H2,1-3H3,(H,26,29). The number of hydroxylamine groups is 1. The van der Waals surface area contributed by atoms with Gasteiger partial charge in [0.15, 0.2) is 0 Å². The van der Waals surface area contributed by atoms with Crippen molar-refractivity contribution in [2.24, 2.45) is 0 Å². The van der Waals surface area contributed by atoms with Gasteiger partial charge in [-0.05, 0) is 46.9 Å². The first kappa shape index (κ1) is 20.8. The lowest BCUT2D eigenvalue weighted by atomic mass is 9.86. The van der Waals surface area contributed by atoms with Crippen molar-refractivity contribution in [1.29, 1.82) is 0 Å². The molecule has 5 nitrogen and oxygen atoms in total. The van der Waals surface area contributed by atoms with Crippen molar-refractivity contribution in [1.82, 2.24) is 10.4 Å². The summed E-state index contributed by atoms with van der Waals surface area (Å²) in [7, 11) is 0. The molecule has 0 saturated carbocycles. The first-order valence-corrected chi connectivity index (χ1v) is 10.7. The molecule has 2 N–H and O–H groups in total. The Labute approximate surface area is 183 Å². The number of halogens is 1. The number of urea groups is 1. The minimum Gasteiger partial charge on any atom is -0.324 e. The molecular formula is C24H28ClN3O2. The highest BCUT2D eigenvalue weighted by molar-refractivity contribution is 6.30. The Hall–Kier alpha value is -2.50. The van der Waals surface area contributed by atoms with Crippen LogP contribution in [-0.4, -0.2) is 29.6 Å². The Bertz CT molecular complexity index is 938. The largest absolute Gasteiger partial charge is 0.324 e. The zero-order valence-electron chi connectivity index (χ0n) is 17.7. The molecule has 1 spiro atoms. The van der Waals surface area contributed by atoms with Gasteiger partial charge < -0.3 is 10.2 Å². The first-order valence-electron chi connectivity index (χ1n) is 10.3. The summed E-state index contributed by atoms with van der Waals surface area (Å²) < 4.78 is 0. The fourth-order valence-electron chi connectivity index (χ4n) is 3.84. The van der Waals surface area contributed by atoms with Gasteiger partial charge in [0.05, 0.1) is 5.70 Å². The molecule has 4 rings (SSSR count). The van der Waals surface area contributed by atoms with E-state index in [1.807, 2.05) is 4.90 Å². The van der Waals surface area contributed by atoms with E-state index in [0.29, 0.717) is 18.1 Å². The Morgan fingerprint density at radius 1 is 1.07 bits per heavy atom. The van der Waals surface area contributed by atoms with Crippen LogP contribution in [0.15, 0.2) is 54.6 Å². The Morgan fingerprint density at radius 2 is 1.70 bits per heavy atom. The smallest absolute Gasteiger partial charge is 0.321 e. The van der Waals surface area contributed by atoms with Gasteiger partial charge in [-0.25, -0.2) is 4.79 Å². The van der Waals surface area contributed by atoms with Crippen molar-refractivity contribution in [3.05, 3.63) is 70.8 Å². The molecule has 6 heteroatoms. The van der Waals surface area contributed by atoms with Crippen LogP contribution in [0, 0.1) is 0 Å². The first-order chi connectivity index (χ1) is 14.2. The molecule has 0 bridgehead atoms. The molecular weight excluding hydrogens is 398 g/mol. The van der Waals surface area contributed by atoms with E-state index in [1.54, 1.807) is 24.3 Å². The van der Waals surface area contributed by atoms with Gasteiger partial charge in [-0.1, -0.05) is 56.6 Å². The van der Waals surface area contributed by atoms with Crippen LogP contribution in [-0.2, 0) is 10.3 Å². The number of rotatable bonds is 2. The molecule has 158 valence electrons. The Balaban J connectivity index is 1.37. The van der Waals surface area contributed by atoms with Crippen molar-refractivity contribution in [3.63, 3.8) is 0 Å². The maximum Gasteiger partial charge on any atom is 0.321 e. The van der Waals surface area contributed by atoms with Gasteiger partial charge in [-0.3, -0.25) is 10.3 Å². The molecule has 2 aromatic carbocycles. The van der Waals surface area contributed by atoms with E-state index < -0.39 is 0 Å². The monoisotopic (exact) mass is 425 g/mol. The van der Waals surface area contributed by atoms with Gasteiger partial charge in [-0.2, -0.15) is 0 Å². The fraction of sp³-hybridized carbons (Fsp3) is 0.375. The highest BCUT2D eigenvalue weighted by atomic mass is 35.5. The number of carbonyl (C=O) groups is 1. The number of benzene rings is 2. The van der Waals surface area contributed by atoms with Crippen LogP contribution in [0.5, 0.6) is 0 Å². The predicted molar refractivity (Wildman–Crippen MR) is 121 cm³/mol. The average molecular weight is 426 g/mol. The number of anilines is 1. The van der Waals surface area contributed by atoms with Gasteiger partial charge in [0.1, 0.15) is 5.60 Å². The SMILES string of the molecule is CC(C)(C)c1ccc(C2=CC3(CCN(C(=O)Nc4ccc(Cl)cc4)CC3)ON2)cc1. The van der Waals surface area contributed by atoms with Gasteiger partial charge in [0.25, 0.3) is 0 Å². The third-order valence-corrected chi connectivity index (χ3v) is 6.08. The van der Waals surface area contributed by atoms with Crippen LogP contribution in [0.3, 0.4) is 0 Å². The number of hydrogen-bond acceptors (Lipinski definition) is 3. The van der Waals surface area contributed by atoms with Crippen LogP contribution in [0.1, 0.15) is 44.7 Å². The van der Waals surface area contributed by atoms with Crippen LogP contribution in [0.2, 0.25) is 5.02 Å². The maximum atomic E-state index is 12.6. The third-order valence-electron chi connectivity index (χ3n) is 5.83. The van der Waals surface area contributed by atoms with E-state index in [2.05, 4.69) is 61.9 Å². The zero-order chi connectivity index (χ0) is 21.4. The van der Waals surface area contributed by atoms with Crippen molar-refractivity contribution in [2.45, 2.75) is 44.6 Å². The van der Waals surface area contributed by atoms with Gasteiger partial charge in [-0.15, -0.1) is 0 Å². The van der Waals surface area contributed by atoms with E-state index in [1.165, 1.54) is 5.56 Å². The molecule has 2 aliphatic rings. The summed E-state index contributed by atoms with van der Waals surface area (Å²) in [5.41, 5.74) is 7.03. The van der Waals surface area contributed by atoms with E-state index in [4.69, 9.17) is 16.4 Å². The predicted octanol–water partition coefficient (Wildman–Crippen LogP) is 5.58. The van der Waals surface area contributed by atoms with Crippen molar-refractivity contribution in [3.8, 4) is 0 Å². The molecule has 0 atom stereocenters. The van der Waals surface area contributed by atoms with Gasteiger partial charge in [0, 0.05) is 36.6 Å². The molecule has 2 aliphatic heterocycles. The second kappa shape index (κ2) is 7.97. The summed E-state index contributed by atoms with van der Waals surface area (Å²) in [5, 5.41) is 3.57. The molecule has 2 amide bonds. The van der Waals surface area contributed by atoms with Crippen LogP contribution < -0.4 is 10.8 Å². The molecule has 2 aromatic rings. The molecule has 0 unspecified atom stereocenters. The van der Waals surface area contributed by atoms with Gasteiger partial charge in [0.2, 0.25) is 0 Å². The van der Waals surface area contributed by atoms with E-state index in [0.717, 1.165) is 29.8 Å². The van der Waals surface area contributed by atoms with Gasteiger partial charge >= 0.3 is 6.03 Å². The van der Waals surface area contributed by atoms with Crippen LogP contribution in [0.25, 0.3) is 5.70 Å². The van der Waals surface area contributed by atoms with Crippen molar-refractivity contribution < 1.29 is 9.63 Å². The zero-order valence-corrected chi connectivity index (χ0v) is 18.4. The van der Waals surface area contributed by atoms with Crippen molar-refractivity contribution in [2.75, 3.05) is 18.4 Å². The quantitative estimate of drug-likeness (QED) is 0.660. The molecule has 0 aliphatic carbocycles. The summed E-state index contributed by atoms with van der Waals surface area (Å²) in [6, 6.07) is 15.7. The number of nitrogens with zero attached hydrogens (tertiary/aromatic N) is 1. The molecule has 0 aromatic heterocycles. The summed E-state index contributed by atoms with van der Waals surface area (Å²) in [6.45, 7) is 7.90. The summed E-state index contributed by atoms with van der Waals surface area (Å²) in [6.07, 6.45) is 3.67. The molecule has 30 heavy (non-hydrogen) atoms. The number of likely N-dealkylation sites (tertiary alicyclic amines) is 1. The highest BCUT2D eigenvalue weighted by Crippen LogP contribution is 2.35. The molecule has 1 saturated heterocycles. The summed E-state index contributed by atoms with van der Waals surface area (Å²) in [4.78, 5) is 20.4. The Morgan fingerprint density at radius 3 is 2.30 bits per heavy atom. The fourth-order valence-corrected chi connectivity index (χ4v) is 3.97. The van der Waals surface area contributed by atoms with E-state index in [9.17, 15) is 4.79 Å². The highest BCUT2D eigenvalue weighted by Gasteiger charge is 2.40. The molecule has 0 radical (unpaired) electrons. The lowest BCUT2D eigenvalue weighted by Gasteiger charge is -2.36. The topological polar surface area (TPSA) is 53.6 Å². The number of hydrogen-bond donors (Lipinski definition) is 2. The van der Waals surface area contributed by atoms with Crippen molar-refractivity contribution >= 4 is 29.0 Å². The average Bonchev–Trinajstić information content (AvgIpc) is 3.13. The van der Waals surface area contributed by atoms with Crippen LogP contribution >= 0.6 is 11.6 Å². The Kier molecular flexibility index (Phi) is 5.51. The second-order valence-electron chi connectivity index (χ2n) is 9.08. The number of carbonyl (C=O) groups excluding carboxylic acids is 1. The minimum absolute atomic E-state index is 0.0971. The van der Waals surface area contributed by atoms with Crippen LogP contribution in [0.4, 0.5) is 10.5 Å². The maximum absolute atomic E-state index is 12.6. The molecule has 1 fully saturated rings. The third kappa shape index (κ3) is 4.47. The number of piperidine rings is 1. The number of amides is 2. The summed E-state index contributed by atoms with van der Waals surface area (Å²) >= 11 is 5.90. The van der Waals surface area contributed by atoms with E-state index >= 15 is 0 Å². The normalized spacial score (nSPS) is 18.1. The summed E-state index contributed by atoms with van der Waals surface area (Å²) in [5.74, 6) is 0. The lowest BCUT2D eigenvalue weighted by Crippen LogP contribution is -2.48. The lowest BCUT2D eigenvalue weighted by molar-refractivity contribution is -0.0634. The number of nitrogens with one attached hydrogen (secondary N) is 2. The molecule has 2 heterocycles.